The second kappa shape index (κ2) is 12.1. The quantitative estimate of drug-likeness (QED) is 0.210. The van der Waals surface area contributed by atoms with Gasteiger partial charge >= 0.3 is 6.36 Å². The van der Waals surface area contributed by atoms with Crippen LogP contribution in [0.3, 0.4) is 0 Å². The van der Waals surface area contributed by atoms with Crippen molar-refractivity contribution >= 4 is 40.6 Å². The molecule has 236 valence electrons. The topological polar surface area (TPSA) is 112 Å². The minimum absolute atomic E-state index is 0.0204. The van der Waals surface area contributed by atoms with Crippen molar-refractivity contribution in [3.63, 3.8) is 0 Å². The van der Waals surface area contributed by atoms with Gasteiger partial charge in [0.25, 0.3) is 0 Å². The van der Waals surface area contributed by atoms with Crippen molar-refractivity contribution in [3.05, 3.63) is 64.3 Å². The minimum Gasteiger partial charge on any atom is -0.404 e. The highest BCUT2D eigenvalue weighted by atomic mass is 35.5. The predicted molar refractivity (Wildman–Crippen MR) is 164 cm³/mol. The Balaban J connectivity index is 1.33. The van der Waals surface area contributed by atoms with Gasteiger partial charge in [-0.05, 0) is 94.4 Å². The number of anilines is 4. The summed E-state index contributed by atoms with van der Waals surface area (Å²) < 4.78 is 44.7. The molecule has 0 aliphatic carbocycles. The number of carbonyl (C=O) groups excluding carboxylic acids is 1. The molecule has 0 radical (unpaired) electrons. The molecule has 44 heavy (non-hydrogen) atoms. The zero-order valence-electron chi connectivity index (χ0n) is 25.0. The molecule has 2 aliphatic heterocycles. The van der Waals surface area contributed by atoms with Crippen LogP contribution in [0.1, 0.15) is 63.1 Å². The number of rotatable bonds is 9. The van der Waals surface area contributed by atoms with Crippen LogP contribution in [0.4, 0.5) is 36.3 Å². The predicted octanol–water partition coefficient (Wildman–Crippen LogP) is 6.56. The average Bonchev–Trinajstić information content (AvgIpc) is 3.16. The van der Waals surface area contributed by atoms with E-state index in [0.717, 1.165) is 48.3 Å². The standard InChI is InChI=1S/C31H36ClF3N6O3/c1-29(2,43)17-41-12-10-18(11-13-41)19-8-9-22(24(14-19)44-31(33,34)35)39-28-37-16-21(32)26(40-28)36-15-20-6-5-7-23-25(20)30(3,4)27(42)38-23/h5-9,14,16,18,43H,10-13,15,17H2,1-4H3,(H,38,42)(H2,36,37,39,40). The fraction of sp³-hybridized carbons (Fsp3) is 0.452. The Hall–Kier alpha value is -3.61. The van der Waals surface area contributed by atoms with Crippen LogP contribution in [0, 0.1) is 0 Å². The van der Waals surface area contributed by atoms with E-state index < -0.39 is 17.4 Å². The molecular weight excluding hydrogens is 597 g/mol. The summed E-state index contributed by atoms with van der Waals surface area (Å²) in [6, 6.07) is 10.3. The molecule has 0 atom stereocenters. The van der Waals surface area contributed by atoms with Crippen LogP contribution >= 0.6 is 11.6 Å². The van der Waals surface area contributed by atoms with E-state index in [9.17, 15) is 23.1 Å². The second-order valence-electron chi connectivity index (χ2n) is 12.5. The Bertz CT molecular complexity index is 1540. The number of fused-ring (bicyclic) bond motifs is 1. The number of aliphatic hydroxyl groups is 1. The third-order valence-electron chi connectivity index (χ3n) is 7.93. The van der Waals surface area contributed by atoms with Crippen LogP contribution in [-0.4, -0.2) is 57.5 Å². The van der Waals surface area contributed by atoms with E-state index in [1.807, 2.05) is 32.0 Å². The molecule has 1 amide bonds. The Morgan fingerprint density at radius 1 is 1.18 bits per heavy atom. The summed E-state index contributed by atoms with van der Waals surface area (Å²) >= 11 is 6.36. The zero-order valence-corrected chi connectivity index (χ0v) is 25.7. The summed E-state index contributed by atoms with van der Waals surface area (Å²) in [7, 11) is 0. The Morgan fingerprint density at radius 2 is 1.91 bits per heavy atom. The van der Waals surface area contributed by atoms with Crippen LogP contribution in [0.25, 0.3) is 0 Å². The molecule has 1 fully saturated rings. The first-order valence-electron chi connectivity index (χ1n) is 14.4. The zero-order chi connectivity index (χ0) is 31.9. The molecule has 2 aliphatic rings. The van der Waals surface area contributed by atoms with Crippen LogP contribution in [0.2, 0.25) is 5.02 Å². The lowest BCUT2D eigenvalue weighted by atomic mass is 9.83. The number of likely N-dealkylation sites (tertiary alicyclic amines) is 1. The van der Waals surface area contributed by atoms with Crippen molar-refractivity contribution in [1.82, 2.24) is 14.9 Å². The Kier molecular flexibility index (Phi) is 8.71. The molecule has 1 aromatic heterocycles. The number of benzene rings is 2. The molecule has 13 heteroatoms. The van der Waals surface area contributed by atoms with E-state index in [1.54, 1.807) is 19.9 Å². The molecule has 5 rings (SSSR count). The maximum Gasteiger partial charge on any atom is 0.573 e. The number of halogens is 4. The first-order valence-corrected chi connectivity index (χ1v) is 14.8. The summed E-state index contributed by atoms with van der Waals surface area (Å²) in [5, 5.41) is 19.2. The van der Waals surface area contributed by atoms with E-state index in [0.29, 0.717) is 13.1 Å². The molecular formula is C31H36ClF3N6O3. The highest BCUT2D eigenvalue weighted by Gasteiger charge is 2.40. The minimum atomic E-state index is -4.90. The van der Waals surface area contributed by atoms with Crippen molar-refractivity contribution in [2.45, 2.75) is 70.4 Å². The van der Waals surface area contributed by atoms with Crippen molar-refractivity contribution in [2.24, 2.45) is 0 Å². The number of alkyl halides is 3. The smallest absolute Gasteiger partial charge is 0.404 e. The third-order valence-corrected chi connectivity index (χ3v) is 8.21. The van der Waals surface area contributed by atoms with Gasteiger partial charge in [0.15, 0.2) is 11.6 Å². The SMILES string of the molecule is CC(C)(O)CN1CCC(c2ccc(Nc3ncc(Cl)c(NCc4cccc5c4C(C)(C)C(=O)N5)n3)c(OC(F)(F)F)c2)CC1. The number of nitrogens with one attached hydrogen (secondary N) is 3. The van der Waals surface area contributed by atoms with Crippen LogP contribution in [-0.2, 0) is 16.8 Å². The number of hydrogen-bond acceptors (Lipinski definition) is 8. The van der Waals surface area contributed by atoms with Gasteiger partial charge in [-0.1, -0.05) is 29.8 Å². The molecule has 3 aromatic rings. The summed E-state index contributed by atoms with van der Waals surface area (Å²) in [5.74, 6) is -0.140. The van der Waals surface area contributed by atoms with E-state index in [4.69, 9.17) is 11.6 Å². The summed E-state index contributed by atoms with van der Waals surface area (Å²) in [5.41, 5.74) is 1.74. The first kappa shape index (κ1) is 31.8. The van der Waals surface area contributed by atoms with Gasteiger partial charge in [-0.15, -0.1) is 13.2 Å². The first-order chi connectivity index (χ1) is 20.6. The molecule has 2 aromatic carbocycles. The molecule has 4 N–H and O–H groups in total. The van der Waals surface area contributed by atoms with Crippen molar-refractivity contribution in [1.29, 1.82) is 0 Å². The van der Waals surface area contributed by atoms with Gasteiger partial charge in [0.05, 0.1) is 22.9 Å². The number of piperidine rings is 1. The highest BCUT2D eigenvalue weighted by Crippen LogP contribution is 2.40. The number of nitrogens with zero attached hydrogens (tertiary/aromatic N) is 3. The fourth-order valence-electron chi connectivity index (χ4n) is 5.91. The van der Waals surface area contributed by atoms with E-state index in [2.05, 4.69) is 35.6 Å². The molecule has 0 spiro atoms. The summed E-state index contributed by atoms with van der Waals surface area (Å²) in [6.07, 6.45) is -2.06. The molecule has 1 saturated heterocycles. The van der Waals surface area contributed by atoms with Gasteiger partial charge in [0.1, 0.15) is 5.02 Å². The van der Waals surface area contributed by atoms with Crippen molar-refractivity contribution in [3.8, 4) is 5.75 Å². The van der Waals surface area contributed by atoms with Crippen LogP contribution in [0.15, 0.2) is 42.6 Å². The van der Waals surface area contributed by atoms with Crippen molar-refractivity contribution in [2.75, 3.05) is 35.6 Å². The molecule has 0 saturated carbocycles. The highest BCUT2D eigenvalue weighted by molar-refractivity contribution is 6.32. The number of aromatic nitrogens is 2. The number of β-amino-alcohol motifs (C(OH)–C–C–N with tert-alkyl or cyclic N) is 1. The molecule has 0 unspecified atom stereocenters. The third kappa shape index (κ3) is 7.36. The number of hydrogen-bond donors (Lipinski definition) is 4. The summed E-state index contributed by atoms with van der Waals surface area (Å²) in [6.45, 7) is 9.50. The van der Waals surface area contributed by atoms with Crippen molar-refractivity contribution < 1.29 is 27.8 Å². The van der Waals surface area contributed by atoms with Gasteiger partial charge in [-0.2, -0.15) is 4.98 Å². The Labute approximate surface area is 259 Å². The molecule has 9 nitrogen and oxygen atoms in total. The van der Waals surface area contributed by atoms with Gasteiger partial charge in [0, 0.05) is 18.8 Å². The van der Waals surface area contributed by atoms with E-state index >= 15 is 0 Å². The largest absolute Gasteiger partial charge is 0.573 e. The summed E-state index contributed by atoms with van der Waals surface area (Å²) in [4.78, 5) is 23.2. The van der Waals surface area contributed by atoms with Gasteiger partial charge in [-0.25, -0.2) is 4.98 Å². The maximum atomic E-state index is 13.4. The van der Waals surface area contributed by atoms with Gasteiger partial charge in [0.2, 0.25) is 11.9 Å². The lowest BCUT2D eigenvalue weighted by Gasteiger charge is -2.35. The van der Waals surface area contributed by atoms with E-state index in [-0.39, 0.29) is 40.1 Å². The van der Waals surface area contributed by atoms with Crippen LogP contribution in [0.5, 0.6) is 5.75 Å². The van der Waals surface area contributed by atoms with Gasteiger partial charge < -0.3 is 30.7 Å². The molecule has 3 heterocycles. The van der Waals surface area contributed by atoms with Crippen LogP contribution < -0.4 is 20.7 Å². The fourth-order valence-corrected chi connectivity index (χ4v) is 6.07. The molecule has 0 bridgehead atoms. The number of amides is 1. The normalized spacial score (nSPS) is 17.2. The number of ether oxygens (including phenoxy) is 1. The lowest BCUT2D eigenvalue weighted by molar-refractivity contribution is -0.274. The average molecular weight is 633 g/mol. The van der Waals surface area contributed by atoms with Gasteiger partial charge in [-0.3, -0.25) is 4.79 Å². The Morgan fingerprint density at radius 3 is 2.59 bits per heavy atom. The lowest BCUT2D eigenvalue weighted by Crippen LogP contribution is -2.42. The second-order valence-corrected chi connectivity index (χ2v) is 12.9. The maximum absolute atomic E-state index is 13.4. The monoisotopic (exact) mass is 632 g/mol. The number of carbonyl (C=O) groups is 1. The van der Waals surface area contributed by atoms with E-state index in [1.165, 1.54) is 18.3 Å².